The fraction of sp³-hybridized carbons (Fsp3) is 0.167. The molecule has 0 aliphatic rings. The predicted octanol–water partition coefficient (Wildman–Crippen LogP) is 3.98. The Kier molecular flexibility index (Phi) is 4.01. The lowest BCUT2D eigenvalue weighted by atomic mass is 10.4. The van der Waals surface area contributed by atoms with E-state index < -0.39 is 0 Å². The Balaban J connectivity index is 3.23. The molecule has 0 radical (unpaired) electrons. The maximum Gasteiger partial charge on any atom is 0.138 e. The van der Waals surface area contributed by atoms with Gasteiger partial charge in [-0.3, -0.25) is 0 Å². The monoisotopic (exact) mass is 420 g/mol. The van der Waals surface area contributed by atoms with Crippen LogP contribution in [0.3, 0.4) is 0 Å². The Morgan fingerprint density at radius 3 is 2.33 bits per heavy atom. The average Bonchev–Trinajstić information content (AvgIpc) is 1.96. The molecular weight excluding hydrogens is 420 g/mol. The van der Waals surface area contributed by atoms with Crippen molar-refractivity contribution >= 4 is 69.5 Å². The minimum atomic E-state index is 0.00905. The summed E-state index contributed by atoms with van der Waals surface area (Å²) < 4.78 is 1.70. The van der Waals surface area contributed by atoms with Crippen molar-refractivity contribution in [1.82, 2.24) is 4.98 Å². The first-order valence-corrected chi connectivity index (χ1v) is 6.33. The maximum atomic E-state index is 5.61. The summed E-state index contributed by atoms with van der Waals surface area (Å²) in [5.41, 5.74) is 6.44. The van der Waals surface area contributed by atoms with Crippen LogP contribution in [0.1, 0.15) is 9.43 Å². The van der Waals surface area contributed by atoms with Crippen LogP contribution < -0.4 is 5.73 Å². The highest BCUT2D eigenvalue weighted by atomic mass is 79.9. The SMILES string of the molecule is Nc1nc(C(Br)Br)c(Br)cc1Br. The van der Waals surface area contributed by atoms with Gasteiger partial charge < -0.3 is 5.73 Å². The molecule has 0 saturated heterocycles. The zero-order valence-electron chi connectivity index (χ0n) is 5.69. The van der Waals surface area contributed by atoms with Crippen molar-refractivity contribution in [3.63, 3.8) is 0 Å². The van der Waals surface area contributed by atoms with Gasteiger partial charge in [0.15, 0.2) is 0 Å². The summed E-state index contributed by atoms with van der Waals surface area (Å²) >= 11 is 13.3. The number of anilines is 1. The third-order valence-corrected chi connectivity index (χ3v) is 3.33. The molecule has 0 unspecified atom stereocenters. The second kappa shape index (κ2) is 4.39. The molecule has 2 nitrogen and oxygen atoms in total. The number of hydrogen-bond acceptors (Lipinski definition) is 2. The van der Waals surface area contributed by atoms with E-state index in [-0.39, 0.29) is 3.74 Å². The number of pyridine rings is 1. The van der Waals surface area contributed by atoms with E-state index in [2.05, 4.69) is 68.7 Å². The first kappa shape index (κ1) is 10.9. The Morgan fingerprint density at radius 2 is 1.83 bits per heavy atom. The zero-order valence-corrected chi connectivity index (χ0v) is 12.0. The summed E-state index contributed by atoms with van der Waals surface area (Å²) in [5, 5.41) is 0. The van der Waals surface area contributed by atoms with E-state index in [0.29, 0.717) is 5.82 Å². The number of alkyl halides is 2. The maximum absolute atomic E-state index is 5.61. The van der Waals surface area contributed by atoms with E-state index in [1.54, 1.807) is 0 Å². The van der Waals surface area contributed by atoms with Gasteiger partial charge in [-0.1, -0.05) is 31.9 Å². The van der Waals surface area contributed by atoms with Crippen LogP contribution in [0.2, 0.25) is 0 Å². The molecule has 12 heavy (non-hydrogen) atoms. The van der Waals surface area contributed by atoms with Crippen LogP contribution in [0.15, 0.2) is 15.0 Å². The van der Waals surface area contributed by atoms with Gasteiger partial charge in [0.1, 0.15) is 9.55 Å². The number of rotatable bonds is 1. The van der Waals surface area contributed by atoms with Gasteiger partial charge in [-0.2, -0.15) is 0 Å². The number of aromatic nitrogens is 1. The summed E-state index contributed by atoms with van der Waals surface area (Å²) in [4.78, 5) is 4.16. The van der Waals surface area contributed by atoms with E-state index >= 15 is 0 Å². The number of nitrogens with two attached hydrogens (primary N) is 1. The van der Waals surface area contributed by atoms with E-state index in [1.807, 2.05) is 6.07 Å². The van der Waals surface area contributed by atoms with E-state index in [0.717, 1.165) is 14.6 Å². The number of nitrogen functional groups attached to an aromatic ring is 1. The third kappa shape index (κ3) is 2.43. The Morgan fingerprint density at radius 1 is 1.25 bits per heavy atom. The van der Waals surface area contributed by atoms with Crippen LogP contribution in [0.4, 0.5) is 5.82 Å². The Hall–Kier alpha value is 0.870. The minimum absolute atomic E-state index is 0.00905. The van der Waals surface area contributed by atoms with Crippen LogP contribution >= 0.6 is 63.7 Å². The van der Waals surface area contributed by atoms with Crippen molar-refractivity contribution in [1.29, 1.82) is 0 Å². The zero-order chi connectivity index (χ0) is 9.30. The van der Waals surface area contributed by atoms with Crippen molar-refractivity contribution in [2.75, 3.05) is 5.73 Å². The van der Waals surface area contributed by atoms with E-state index in [9.17, 15) is 0 Å². The molecular formula is C6H4Br4N2. The molecule has 0 atom stereocenters. The second-order valence-corrected chi connectivity index (χ2v) is 6.79. The highest BCUT2D eigenvalue weighted by Gasteiger charge is 2.11. The topological polar surface area (TPSA) is 38.9 Å². The molecule has 1 aromatic heterocycles. The number of hydrogen-bond donors (Lipinski definition) is 1. The summed E-state index contributed by atoms with van der Waals surface area (Å²) in [6.45, 7) is 0. The van der Waals surface area contributed by atoms with Gasteiger partial charge in [0.25, 0.3) is 0 Å². The first-order chi connectivity index (χ1) is 5.52. The van der Waals surface area contributed by atoms with Crippen LogP contribution in [0.25, 0.3) is 0 Å². The van der Waals surface area contributed by atoms with Gasteiger partial charge in [-0.05, 0) is 37.9 Å². The lowest BCUT2D eigenvalue weighted by Crippen LogP contribution is -1.97. The summed E-state index contributed by atoms with van der Waals surface area (Å²) in [6.07, 6.45) is 0. The van der Waals surface area contributed by atoms with Gasteiger partial charge in [0, 0.05) is 4.47 Å². The molecule has 0 saturated carbocycles. The standard InChI is InChI=1S/C6H4Br4N2/c7-2-1-3(8)6(11)12-4(2)5(9)10/h1,5H,(H2,11,12). The molecule has 0 aromatic carbocycles. The van der Waals surface area contributed by atoms with Gasteiger partial charge in [0.2, 0.25) is 0 Å². The number of halogens is 4. The van der Waals surface area contributed by atoms with Crippen molar-refractivity contribution in [2.24, 2.45) is 0 Å². The molecule has 0 amide bonds. The van der Waals surface area contributed by atoms with Gasteiger partial charge >= 0.3 is 0 Å². The van der Waals surface area contributed by atoms with Crippen LogP contribution in [0.5, 0.6) is 0 Å². The van der Waals surface area contributed by atoms with E-state index in [4.69, 9.17) is 5.73 Å². The summed E-state index contributed by atoms with van der Waals surface area (Å²) in [7, 11) is 0. The molecule has 1 aromatic rings. The van der Waals surface area contributed by atoms with Crippen LogP contribution in [-0.2, 0) is 0 Å². The third-order valence-electron chi connectivity index (χ3n) is 1.19. The molecule has 2 N–H and O–H groups in total. The fourth-order valence-corrected chi connectivity index (χ4v) is 3.13. The molecule has 0 fully saturated rings. The largest absolute Gasteiger partial charge is 0.383 e. The molecule has 0 bridgehead atoms. The highest BCUT2D eigenvalue weighted by Crippen LogP contribution is 2.35. The van der Waals surface area contributed by atoms with Gasteiger partial charge in [-0.15, -0.1) is 0 Å². The Labute approximate surface area is 104 Å². The van der Waals surface area contributed by atoms with Gasteiger partial charge in [-0.25, -0.2) is 4.98 Å². The summed E-state index contributed by atoms with van der Waals surface area (Å²) in [5.74, 6) is 0.483. The molecule has 6 heteroatoms. The predicted molar refractivity (Wildman–Crippen MR) is 64.6 cm³/mol. The summed E-state index contributed by atoms with van der Waals surface area (Å²) in [6, 6.07) is 1.87. The van der Waals surface area contributed by atoms with Gasteiger partial charge in [0.05, 0.1) is 10.2 Å². The Bertz CT molecular complexity index is 300. The lowest BCUT2D eigenvalue weighted by molar-refractivity contribution is 1.16. The van der Waals surface area contributed by atoms with Crippen LogP contribution in [0, 0.1) is 0 Å². The van der Waals surface area contributed by atoms with Crippen LogP contribution in [-0.4, -0.2) is 4.98 Å². The highest BCUT2D eigenvalue weighted by molar-refractivity contribution is 9.24. The fourth-order valence-electron chi connectivity index (χ4n) is 0.649. The molecule has 1 heterocycles. The normalized spacial score (nSPS) is 10.8. The van der Waals surface area contributed by atoms with Crippen molar-refractivity contribution in [2.45, 2.75) is 3.74 Å². The molecule has 66 valence electrons. The first-order valence-electron chi connectivity index (χ1n) is 2.92. The smallest absolute Gasteiger partial charge is 0.138 e. The quantitative estimate of drug-likeness (QED) is 0.694. The van der Waals surface area contributed by atoms with E-state index in [1.165, 1.54) is 0 Å². The molecule has 0 spiro atoms. The molecule has 0 aliphatic carbocycles. The van der Waals surface area contributed by atoms with Crippen molar-refractivity contribution in [3.8, 4) is 0 Å². The number of nitrogens with zero attached hydrogens (tertiary/aromatic N) is 1. The van der Waals surface area contributed by atoms with Crippen molar-refractivity contribution in [3.05, 3.63) is 20.7 Å². The average molecular weight is 424 g/mol. The molecule has 0 aliphatic heterocycles. The lowest BCUT2D eigenvalue weighted by Gasteiger charge is -2.06. The second-order valence-electron chi connectivity index (χ2n) is 2.02. The van der Waals surface area contributed by atoms with Crippen molar-refractivity contribution < 1.29 is 0 Å². The minimum Gasteiger partial charge on any atom is -0.383 e. The molecule has 1 rings (SSSR count).